The van der Waals surface area contributed by atoms with Crippen molar-refractivity contribution >= 4 is 20.9 Å². The van der Waals surface area contributed by atoms with Gasteiger partial charge in [0, 0.05) is 0 Å². The molecule has 0 aliphatic carbocycles. The molecule has 1 atom stereocenters. The van der Waals surface area contributed by atoms with Gasteiger partial charge in [-0.3, -0.25) is 4.55 Å². The number of aliphatic hydroxyl groups is 1. The smallest absolute Gasteiger partial charge is 0.296 e. The molecule has 2 N–H and O–H groups in total. The normalized spacial score (nSPS) is 13.5. The molecular weight excluding hydrogens is 256 g/mol. The second-order valence-electron chi connectivity index (χ2n) is 3.84. The minimum Gasteiger partial charge on any atom is -0.497 e. The fourth-order valence-corrected chi connectivity index (χ4v) is 2.19. The lowest BCUT2D eigenvalue weighted by Gasteiger charge is -2.09. The summed E-state index contributed by atoms with van der Waals surface area (Å²) >= 11 is 0. The van der Waals surface area contributed by atoms with Crippen LogP contribution in [0, 0.1) is 0 Å². The van der Waals surface area contributed by atoms with Gasteiger partial charge in [-0.25, -0.2) is 0 Å². The molecule has 0 aliphatic rings. The Morgan fingerprint density at radius 1 is 1.11 bits per heavy atom. The highest BCUT2D eigenvalue weighted by atomic mass is 32.2. The van der Waals surface area contributed by atoms with Crippen LogP contribution in [-0.2, 0) is 10.1 Å². The molecule has 0 aliphatic heterocycles. The number of ether oxygens (including phenoxy) is 1. The van der Waals surface area contributed by atoms with E-state index >= 15 is 0 Å². The first-order valence-corrected chi connectivity index (χ1v) is 6.64. The average molecular weight is 268 g/mol. The zero-order chi connectivity index (χ0) is 13.3. The number of methoxy groups -OCH3 is 1. The number of benzene rings is 2. The van der Waals surface area contributed by atoms with Crippen LogP contribution in [0.2, 0.25) is 0 Å². The minimum absolute atomic E-state index is 0.121. The summed E-state index contributed by atoms with van der Waals surface area (Å²) < 4.78 is 35.6. The molecule has 0 amide bonds. The van der Waals surface area contributed by atoms with Crippen LogP contribution in [0.25, 0.3) is 10.8 Å². The molecule has 0 spiro atoms. The summed E-state index contributed by atoms with van der Waals surface area (Å²) in [5.74, 6) is 0.686. The van der Waals surface area contributed by atoms with Crippen molar-refractivity contribution in [1.29, 1.82) is 0 Å². The Morgan fingerprint density at radius 2 is 1.72 bits per heavy atom. The van der Waals surface area contributed by atoms with Crippen molar-refractivity contribution in [2.24, 2.45) is 0 Å². The van der Waals surface area contributed by atoms with Gasteiger partial charge < -0.3 is 9.84 Å². The highest BCUT2D eigenvalue weighted by Gasteiger charge is 2.21. The van der Waals surface area contributed by atoms with Gasteiger partial charge in [0.2, 0.25) is 5.44 Å². The van der Waals surface area contributed by atoms with E-state index in [2.05, 4.69) is 0 Å². The van der Waals surface area contributed by atoms with E-state index in [1.165, 1.54) is 12.1 Å². The zero-order valence-electron chi connectivity index (χ0n) is 9.57. The van der Waals surface area contributed by atoms with Gasteiger partial charge in [-0.05, 0) is 34.5 Å². The van der Waals surface area contributed by atoms with Gasteiger partial charge in [-0.2, -0.15) is 8.42 Å². The summed E-state index contributed by atoms with van der Waals surface area (Å²) in [6, 6.07) is 9.87. The molecule has 5 nitrogen and oxygen atoms in total. The Balaban J connectivity index is 2.52. The van der Waals surface area contributed by atoms with Crippen LogP contribution in [0.15, 0.2) is 36.4 Å². The minimum atomic E-state index is -4.51. The summed E-state index contributed by atoms with van der Waals surface area (Å²) in [7, 11) is -2.95. The van der Waals surface area contributed by atoms with E-state index in [0.29, 0.717) is 5.75 Å². The third-order valence-corrected chi connectivity index (χ3v) is 3.48. The van der Waals surface area contributed by atoms with E-state index in [4.69, 9.17) is 9.29 Å². The Labute approximate surface area is 104 Å². The van der Waals surface area contributed by atoms with Crippen molar-refractivity contribution in [2.45, 2.75) is 5.44 Å². The van der Waals surface area contributed by atoms with Gasteiger partial charge in [0.1, 0.15) is 5.75 Å². The molecule has 2 rings (SSSR count). The quantitative estimate of drug-likeness (QED) is 0.828. The number of rotatable bonds is 3. The fourth-order valence-electron chi connectivity index (χ4n) is 1.69. The molecule has 0 radical (unpaired) electrons. The third-order valence-electron chi connectivity index (χ3n) is 2.64. The van der Waals surface area contributed by atoms with Gasteiger partial charge in [0.15, 0.2) is 0 Å². The van der Waals surface area contributed by atoms with Gasteiger partial charge in [-0.1, -0.05) is 18.2 Å². The van der Waals surface area contributed by atoms with E-state index in [9.17, 15) is 13.5 Å². The predicted molar refractivity (Wildman–Crippen MR) is 67.0 cm³/mol. The summed E-state index contributed by atoms with van der Waals surface area (Å²) in [5.41, 5.74) is -1.81. The van der Waals surface area contributed by atoms with Gasteiger partial charge in [-0.15, -0.1) is 0 Å². The van der Waals surface area contributed by atoms with E-state index in [-0.39, 0.29) is 5.56 Å². The van der Waals surface area contributed by atoms with E-state index in [1.54, 1.807) is 31.4 Å². The Kier molecular flexibility index (Phi) is 3.25. The van der Waals surface area contributed by atoms with E-state index < -0.39 is 15.6 Å². The highest BCUT2D eigenvalue weighted by Crippen LogP contribution is 2.26. The summed E-state index contributed by atoms with van der Waals surface area (Å²) in [5, 5.41) is 11.0. The second kappa shape index (κ2) is 4.56. The summed E-state index contributed by atoms with van der Waals surface area (Å²) in [6.45, 7) is 0. The summed E-state index contributed by atoms with van der Waals surface area (Å²) in [6.07, 6.45) is 0. The van der Waals surface area contributed by atoms with Crippen molar-refractivity contribution in [3.63, 3.8) is 0 Å². The fraction of sp³-hybridized carbons (Fsp3) is 0.167. The van der Waals surface area contributed by atoms with E-state index in [0.717, 1.165) is 10.8 Å². The highest BCUT2D eigenvalue weighted by molar-refractivity contribution is 7.85. The van der Waals surface area contributed by atoms with Crippen LogP contribution < -0.4 is 4.74 Å². The van der Waals surface area contributed by atoms with Crippen LogP contribution >= 0.6 is 0 Å². The zero-order valence-corrected chi connectivity index (χ0v) is 10.4. The molecule has 96 valence electrons. The number of fused-ring (bicyclic) bond motifs is 1. The first-order valence-electron chi connectivity index (χ1n) is 5.14. The molecule has 6 heteroatoms. The lowest BCUT2D eigenvalue weighted by molar-refractivity contribution is 0.238. The Morgan fingerprint density at radius 3 is 2.33 bits per heavy atom. The van der Waals surface area contributed by atoms with E-state index in [1.807, 2.05) is 0 Å². The van der Waals surface area contributed by atoms with Gasteiger partial charge in [0.05, 0.1) is 7.11 Å². The molecule has 0 bridgehead atoms. The number of hydrogen-bond donors (Lipinski definition) is 2. The van der Waals surface area contributed by atoms with Crippen molar-refractivity contribution < 1.29 is 22.8 Å². The molecule has 2 aromatic carbocycles. The van der Waals surface area contributed by atoms with Gasteiger partial charge >= 0.3 is 0 Å². The first-order chi connectivity index (χ1) is 8.41. The van der Waals surface area contributed by atoms with Crippen molar-refractivity contribution in [3.8, 4) is 5.75 Å². The Hall–Kier alpha value is -1.63. The van der Waals surface area contributed by atoms with Crippen molar-refractivity contribution in [3.05, 3.63) is 42.0 Å². The van der Waals surface area contributed by atoms with Crippen LogP contribution in [0.1, 0.15) is 11.0 Å². The molecular formula is C12H12O5S. The number of aliphatic hydroxyl groups excluding tert-OH is 1. The molecule has 0 saturated carbocycles. The molecule has 0 fully saturated rings. The van der Waals surface area contributed by atoms with Crippen LogP contribution in [0.5, 0.6) is 5.75 Å². The lowest BCUT2D eigenvalue weighted by atomic mass is 10.1. The summed E-state index contributed by atoms with van der Waals surface area (Å²) in [4.78, 5) is 0. The SMILES string of the molecule is COc1ccc2cc(C(O)S(=O)(=O)O)ccc2c1. The second-order valence-corrected chi connectivity index (χ2v) is 5.32. The molecule has 1 unspecified atom stereocenters. The average Bonchev–Trinajstić information content (AvgIpc) is 2.35. The Bertz CT molecular complexity index is 678. The topological polar surface area (TPSA) is 83.8 Å². The lowest BCUT2D eigenvalue weighted by Crippen LogP contribution is -2.10. The molecule has 0 saturated heterocycles. The predicted octanol–water partition coefficient (Wildman–Crippen LogP) is 1.73. The first kappa shape index (κ1) is 12.8. The molecule has 0 aromatic heterocycles. The maximum absolute atomic E-state index is 10.9. The maximum atomic E-state index is 10.9. The van der Waals surface area contributed by atoms with Gasteiger partial charge in [0.25, 0.3) is 10.1 Å². The van der Waals surface area contributed by atoms with Crippen LogP contribution in [0.4, 0.5) is 0 Å². The maximum Gasteiger partial charge on any atom is 0.296 e. The largest absolute Gasteiger partial charge is 0.497 e. The van der Waals surface area contributed by atoms with Crippen molar-refractivity contribution in [1.82, 2.24) is 0 Å². The standard InChI is InChI=1S/C12H12O5S/c1-17-11-5-4-8-6-10(3-2-9(8)7-11)12(13)18(14,15)16/h2-7,12-13H,1H3,(H,14,15,16). The van der Waals surface area contributed by atoms with Crippen molar-refractivity contribution in [2.75, 3.05) is 7.11 Å². The molecule has 2 aromatic rings. The number of hydrogen-bond acceptors (Lipinski definition) is 4. The molecule has 0 heterocycles. The van der Waals surface area contributed by atoms with Crippen LogP contribution in [0.3, 0.4) is 0 Å². The third kappa shape index (κ3) is 2.45. The van der Waals surface area contributed by atoms with Crippen LogP contribution in [-0.4, -0.2) is 25.2 Å². The molecule has 18 heavy (non-hydrogen) atoms. The monoisotopic (exact) mass is 268 g/mol.